The van der Waals surface area contributed by atoms with E-state index in [1.54, 1.807) is 28.9 Å². The van der Waals surface area contributed by atoms with Crippen molar-refractivity contribution in [1.29, 1.82) is 0 Å². The highest BCUT2D eigenvalue weighted by Crippen LogP contribution is 2.32. The third kappa shape index (κ3) is 3.31. The van der Waals surface area contributed by atoms with E-state index in [2.05, 4.69) is 30.4 Å². The highest BCUT2D eigenvalue weighted by molar-refractivity contribution is 7.13. The molecule has 0 radical (unpaired) electrons. The number of hydrogen-bond acceptors (Lipinski definition) is 4. The SMILES string of the molecule is CCc1ccc(/C=N\NC(=O)c2csc3c2CC[C@H](C)C3)s1. The molecule has 5 heteroatoms. The Morgan fingerprint density at radius 2 is 2.36 bits per heavy atom. The van der Waals surface area contributed by atoms with Gasteiger partial charge >= 0.3 is 0 Å². The van der Waals surface area contributed by atoms with Crippen molar-refractivity contribution in [3.63, 3.8) is 0 Å². The average molecular weight is 332 g/mol. The molecule has 22 heavy (non-hydrogen) atoms. The lowest BCUT2D eigenvalue weighted by molar-refractivity contribution is 0.0954. The molecular formula is C17H20N2OS2. The van der Waals surface area contributed by atoms with Crippen LogP contribution in [0.25, 0.3) is 0 Å². The van der Waals surface area contributed by atoms with Crippen LogP contribution in [0.5, 0.6) is 0 Å². The van der Waals surface area contributed by atoms with Gasteiger partial charge in [-0.2, -0.15) is 5.10 Å². The van der Waals surface area contributed by atoms with Crippen LogP contribution >= 0.6 is 22.7 Å². The first-order chi connectivity index (χ1) is 10.7. The Balaban J connectivity index is 1.65. The first-order valence-electron chi connectivity index (χ1n) is 7.68. The third-order valence-electron chi connectivity index (χ3n) is 4.04. The number of carbonyl (C=O) groups excluding carboxylic acids is 1. The lowest BCUT2D eigenvalue weighted by atomic mass is 9.88. The average Bonchev–Trinajstić information content (AvgIpc) is 3.13. The molecule has 1 N–H and O–H groups in total. The van der Waals surface area contributed by atoms with E-state index >= 15 is 0 Å². The van der Waals surface area contributed by atoms with Gasteiger partial charge in [-0.15, -0.1) is 22.7 Å². The van der Waals surface area contributed by atoms with Crippen molar-refractivity contribution < 1.29 is 4.79 Å². The lowest BCUT2D eigenvalue weighted by Crippen LogP contribution is -2.20. The zero-order chi connectivity index (χ0) is 15.5. The number of hydrazone groups is 1. The second-order valence-electron chi connectivity index (χ2n) is 5.76. The number of thiophene rings is 2. The molecule has 0 saturated carbocycles. The summed E-state index contributed by atoms with van der Waals surface area (Å²) in [6.45, 7) is 4.41. The largest absolute Gasteiger partial charge is 0.272 e. The van der Waals surface area contributed by atoms with Crippen molar-refractivity contribution in [3.8, 4) is 0 Å². The van der Waals surface area contributed by atoms with Gasteiger partial charge in [0.2, 0.25) is 0 Å². The Bertz CT molecular complexity index is 699. The number of hydrogen-bond donors (Lipinski definition) is 1. The van der Waals surface area contributed by atoms with Crippen LogP contribution in [-0.4, -0.2) is 12.1 Å². The van der Waals surface area contributed by atoms with E-state index in [1.165, 1.54) is 21.7 Å². The highest BCUT2D eigenvalue weighted by Gasteiger charge is 2.22. The van der Waals surface area contributed by atoms with Gasteiger partial charge in [-0.25, -0.2) is 5.43 Å². The zero-order valence-electron chi connectivity index (χ0n) is 12.9. The fourth-order valence-corrected chi connectivity index (χ4v) is 4.81. The first-order valence-corrected chi connectivity index (χ1v) is 9.38. The number of rotatable bonds is 4. The Kier molecular flexibility index (Phi) is 4.74. The van der Waals surface area contributed by atoms with Crippen LogP contribution in [0.2, 0.25) is 0 Å². The Morgan fingerprint density at radius 1 is 1.50 bits per heavy atom. The second-order valence-corrected chi connectivity index (χ2v) is 7.92. The molecule has 0 saturated heterocycles. The molecule has 3 nitrogen and oxygen atoms in total. The summed E-state index contributed by atoms with van der Waals surface area (Å²) in [6, 6.07) is 4.14. The van der Waals surface area contributed by atoms with Crippen LogP contribution in [-0.2, 0) is 19.3 Å². The molecule has 1 aliphatic rings. The van der Waals surface area contributed by atoms with Gasteiger partial charge < -0.3 is 0 Å². The third-order valence-corrected chi connectivity index (χ3v) is 6.25. The van der Waals surface area contributed by atoms with Crippen LogP contribution < -0.4 is 5.43 Å². The van der Waals surface area contributed by atoms with Crippen LogP contribution in [0.1, 0.15) is 50.8 Å². The predicted molar refractivity (Wildman–Crippen MR) is 94.3 cm³/mol. The van der Waals surface area contributed by atoms with Gasteiger partial charge in [0.15, 0.2) is 0 Å². The van der Waals surface area contributed by atoms with Crippen molar-refractivity contribution >= 4 is 34.8 Å². The molecule has 1 atom stereocenters. The molecule has 0 fully saturated rings. The number of fused-ring (bicyclic) bond motifs is 1. The number of carbonyl (C=O) groups is 1. The summed E-state index contributed by atoms with van der Waals surface area (Å²) in [4.78, 5) is 16.1. The second kappa shape index (κ2) is 6.75. The summed E-state index contributed by atoms with van der Waals surface area (Å²) < 4.78 is 0. The number of nitrogens with zero attached hydrogens (tertiary/aromatic N) is 1. The molecule has 1 aliphatic carbocycles. The van der Waals surface area contributed by atoms with Gasteiger partial charge in [0.1, 0.15) is 0 Å². The Morgan fingerprint density at radius 3 is 3.14 bits per heavy atom. The molecule has 0 unspecified atom stereocenters. The maximum atomic E-state index is 12.3. The summed E-state index contributed by atoms with van der Waals surface area (Å²) >= 11 is 3.42. The number of aryl methyl sites for hydroxylation is 1. The monoisotopic (exact) mass is 332 g/mol. The number of nitrogens with one attached hydrogen (secondary N) is 1. The van der Waals surface area contributed by atoms with Gasteiger partial charge in [0, 0.05) is 20.0 Å². The standard InChI is InChI=1S/C17H20N2OS2/c1-3-12-5-6-13(22-12)9-18-19-17(20)15-10-21-16-8-11(2)4-7-14(15)16/h5-6,9-11H,3-4,7-8H2,1-2H3,(H,19,20)/b18-9-/t11-/m0/s1. The molecule has 116 valence electrons. The van der Waals surface area contributed by atoms with E-state index in [0.29, 0.717) is 0 Å². The van der Waals surface area contributed by atoms with E-state index in [1.807, 2.05) is 11.4 Å². The molecule has 0 spiro atoms. The van der Waals surface area contributed by atoms with E-state index < -0.39 is 0 Å². The summed E-state index contributed by atoms with van der Waals surface area (Å²) in [6.07, 6.45) is 6.04. The van der Waals surface area contributed by atoms with Crippen LogP contribution in [0.4, 0.5) is 0 Å². The van der Waals surface area contributed by atoms with E-state index in [4.69, 9.17) is 0 Å². The lowest BCUT2D eigenvalue weighted by Gasteiger charge is -2.18. The van der Waals surface area contributed by atoms with Crippen molar-refractivity contribution in [3.05, 3.63) is 43.3 Å². The quantitative estimate of drug-likeness (QED) is 0.659. The van der Waals surface area contributed by atoms with Crippen LogP contribution in [0.3, 0.4) is 0 Å². The van der Waals surface area contributed by atoms with Gasteiger partial charge in [-0.1, -0.05) is 13.8 Å². The molecule has 0 aliphatic heterocycles. The minimum absolute atomic E-state index is 0.0874. The summed E-state index contributed by atoms with van der Waals surface area (Å²) in [5.41, 5.74) is 4.71. The van der Waals surface area contributed by atoms with Gasteiger partial charge in [-0.05, 0) is 49.3 Å². The molecular weight excluding hydrogens is 312 g/mol. The fraction of sp³-hybridized carbons (Fsp3) is 0.412. The van der Waals surface area contributed by atoms with Crippen molar-refractivity contribution in [2.24, 2.45) is 11.0 Å². The first kappa shape index (κ1) is 15.4. The van der Waals surface area contributed by atoms with Crippen molar-refractivity contribution in [2.45, 2.75) is 39.5 Å². The summed E-state index contributed by atoms with van der Waals surface area (Å²) in [5, 5.41) is 6.08. The smallest absolute Gasteiger partial charge is 0.267 e. The Hall–Kier alpha value is -1.46. The molecule has 2 heterocycles. The highest BCUT2D eigenvalue weighted by atomic mass is 32.1. The Labute approximate surface area is 139 Å². The normalized spacial score (nSPS) is 17.6. The van der Waals surface area contributed by atoms with Gasteiger partial charge in [0.25, 0.3) is 5.91 Å². The van der Waals surface area contributed by atoms with E-state index in [9.17, 15) is 4.79 Å². The molecule has 2 aromatic heterocycles. The van der Waals surface area contributed by atoms with Crippen LogP contribution in [0, 0.1) is 5.92 Å². The van der Waals surface area contributed by atoms with E-state index in [0.717, 1.165) is 35.6 Å². The predicted octanol–water partition coefficient (Wildman–Crippen LogP) is 4.26. The molecule has 0 aromatic carbocycles. The van der Waals surface area contributed by atoms with Crippen molar-refractivity contribution in [2.75, 3.05) is 0 Å². The topological polar surface area (TPSA) is 41.5 Å². The molecule has 0 bridgehead atoms. The number of amides is 1. The van der Waals surface area contributed by atoms with E-state index in [-0.39, 0.29) is 5.91 Å². The fourth-order valence-electron chi connectivity index (χ4n) is 2.74. The zero-order valence-corrected chi connectivity index (χ0v) is 14.5. The minimum atomic E-state index is -0.0874. The van der Waals surface area contributed by atoms with Gasteiger partial charge in [-0.3, -0.25) is 4.79 Å². The van der Waals surface area contributed by atoms with Crippen LogP contribution in [0.15, 0.2) is 22.6 Å². The minimum Gasteiger partial charge on any atom is -0.267 e. The summed E-state index contributed by atoms with van der Waals surface area (Å²) in [7, 11) is 0. The molecule has 1 amide bonds. The maximum Gasteiger partial charge on any atom is 0.272 e. The van der Waals surface area contributed by atoms with Gasteiger partial charge in [0.05, 0.1) is 11.8 Å². The summed E-state index contributed by atoms with van der Waals surface area (Å²) in [5.74, 6) is 0.641. The van der Waals surface area contributed by atoms with Crippen molar-refractivity contribution in [1.82, 2.24) is 5.43 Å². The molecule has 2 aromatic rings. The maximum absolute atomic E-state index is 12.3. The molecule has 3 rings (SSSR count).